The van der Waals surface area contributed by atoms with Gasteiger partial charge in [-0.1, -0.05) is 111 Å². The van der Waals surface area contributed by atoms with E-state index in [4.69, 9.17) is 4.74 Å². The third-order valence-corrected chi connectivity index (χ3v) is 17.5. The van der Waals surface area contributed by atoms with E-state index < -0.39 is 47.8 Å². The molecule has 0 spiro atoms. The molecule has 2 heterocycles. The fraction of sp³-hybridized carbons (Fsp3) is 0.444. The van der Waals surface area contributed by atoms with Crippen molar-refractivity contribution >= 4 is 79.3 Å². The molecule has 2 fully saturated rings. The average Bonchev–Trinajstić information content (AvgIpc) is 4.01. The Morgan fingerprint density at radius 2 is 1.44 bits per heavy atom. The van der Waals surface area contributed by atoms with Gasteiger partial charge >= 0.3 is 0 Å². The molecule has 4 aliphatic rings. The maximum Gasteiger partial charge on any atom is 0.258 e. The Morgan fingerprint density at radius 1 is 0.744 bits per heavy atom. The minimum atomic E-state index is -1.12. The van der Waals surface area contributed by atoms with Crippen molar-refractivity contribution < 1.29 is 38.3 Å². The lowest BCUT2D eigenvalue weighted by molar-refractivity contribution is -0.143. The van der Waals surface area contributed by atoms with Gasteiger partial charge in [0.25, 0.3) is 17.7 Å². The van der Waals surface area contributed by atoms with E-state index in [9.17, 15) is 28.8 Å². The lowest BCUT2D eigenvalue weighted by Crippen LogP contribution is -2.56. The number of ketones is 1. The molecule has 2 aliphatic heterocycles. The van der Waals surface area contributed by atoms with Crippen LogP contribution in [-0.2, 0) is 36.9 Å². The number of Topliss-reactive ketones (excluding diaryl/α,β-unsaturated/α-hetero) is 1. The number of halogens is 1. The van der Waals surface area contributed by atoms with E-state index >= 15 is 4.79 Å². The van der Waals surface area contributed by atoms with Gasteiger partial charge in [-0.05, 0) is 140 Å². The van der Waals surface area contributed by atoms with Crippen LogP contribution < -0.4 is 30.5 Å². The van der Waals surface area contributed by atoms with Crippen molar-refractivity contribution in [1.29, 1.82) is 0 Å². The highest BCUT2D eigenvalue weighted by molar-refractivity contribution is 9.10. The molecular weight excluding hydrogens is 1050 g/mol. The number of likely N-dealkylation sites (tertiary alicyclic amines) is 1. The van der Waals surface area contributed by atoms with Gasteiger partial charge in [-0.25, -0.2) is 0 Å². The molecule has 78 heavy (non-hydrogen) atoms. The minimum Gasteiger partial charge on any atom is -0.496 e. The second-order valence-corrected chi connectivity index (χ2v) is 22.9. The fourth-order valence-corrected chi connectivity index (χ4v) is 12.4. The summed E-state index contributed by atoms with van der Waals surface area (Å²) in [7, 11) is 1.58. The molecule has 5 aromatic carbocycles. The monoisotopic (exact) mass is 1120 g/mol. The van der Waals surface area contributed by atoms with Gasteiger partial charge in [0, 0.05) is 52.0 Å². The van der Waals surface area contributed by atoms with E-state index in [1.54, 1.807) is 72.4 Å². The number of benzene rings is 5. The van der Waals surface area contributed by atoms with Crippen LogP contribution in [0.15, 0.2) is 108 Å². The van der Waals surface area contributed by atoms with Gasteiger partial charge in [-0.3, -0.25) is 33.6 Å². The van der Waals surface area contributed by atoms with Crippen molar-refractivity contribution in [1.82, 2.24) is 20.9 Å². The van der Waals surface area contributed by atoms with Crippen LogP contribution in [-0.4, -0.2) is 90.5 Å². The SMILES string of the molecule is CC[C@@H](C)C(=O)N[C@H]1CN(C(=O)c2ccc(C(=O)N[C@H]3C[C@@H](C(=O)C[C@@H]4CCCc5ccccc54)N(C(=O)[C@@H](NC(=O)[C@H](C)CC)C4CCCCC4)C3)cc2)c2ccccc2N(Cc2c(OC)ccc3cc(Br)ccc23)C1=O. The lowest BCUT2D eigenvalue weighted by Gasteiger charge is -2.35. The van der Waals surface area contributed by atoms with Gasteiger partial charge in [0.2, 0.25) is 17.7 Å². The number of carbonyl (C=O) groups excluding carboxylic acids is 7. The summed E-state index contributed by atoms with van der Waals surface area (Å²) in [4.78, 5) is 106. The zero-order valence-corrected chi connectivity index (χ0v) is 47.1. The van der Waals surface area contributed by atoms with E-state index in [0.717, 1.165) is 72.2 Å². The van der Waals surface area contributed by atoms with Gasteiger partial charge in [0.05, 0.1) is 37.6 Å². The van der Waals surface area contributed by atoms with Crippen LogP contribution in [0, 0.1) is 17.8 Å². The molecule has 0 aromatic heterocycles. The summed E-state index contributed by atoms with van der Waals surface area (Å²) < 4.78 is 6.75. The molecular formula is C63H73BrN6O8. The summed E-state index contributed by atoms with van der Waals surface area (Å²) in [6.45, 7) is 7.51. The van der Waals surface area contributed by atoms with E-state index in [0.29, 0.717) is 30.0 Å². The smallest absolute Gasteiger partial charge is 0.258 e. The second kappa shape index (κ2) is 24.9. The summed E-state index contributed by atoms with van der Waals surface area (Å²) >= 11 is 3.58. The molecule has 15 heteroatoms. The molecule has 0 bridgehead atoms. The number of nitrogens with zero attached hydrogens (tertiary/aromatic N) is 3. The van der Waals surface area contributed by atoms with Crippen molar-refractivity contribution in [2.45, 2.75) is 141 Å². The van der Waals surface area contributed by atoms with Gasteiger partial charge in [0.15, 0.2) is 5.78 Å². The Kier molecular flexibility index (Phi) is 17.8. The van der Waals surface area contributed by atoms with Crippen LogP contribution >= 0.6 is 15.9 Å². The minimum absolute atomic E-state index is 0.0206. The molecule has 2 aliphatic carbocycles. The average molecular weight is 1120 g/mol. The Labute approximate surface area is 466 Å². The fourth-order valence-electron chi connectivity index (χ4n) is 12.0. The van der Waals surface area contributed by atoms with Crippen molar-refractivity contribution in [2.24, 2.45) is 17.8 Å². The normalized spacial score (nSPS) is 20.6. The number of methoxy groups -OCH3 is 1. The first-order valence-electron chi connectivity index (χ1n) is 28.1. The topological polar surface area (TPSA) is 175 Å². The number of rotatable bonds is 17. The number of hydrogen-bond acceptors (Lipinski definition) is 8. The van der Waals surface area contributed by atoms with Crippen molar-refractivity contribution in [3.63, 3.8) is 0 Å². The number of anilines is 2. The highest BCUT2D eigenvalue weighted by atomic mass is 79.9. The third kappa shape index (κ3) is 12.1. The Balaban J connectivity index is 0.973. The number of carbonyl (C=O) groups is 7. The molecule has 6 amide bonds. The molecule has 0 unspecified atom stereocenters. The summed E-state index contributed by atoms with van der Waals surface area (Å²) in [6, 6.07) is 28.2. The Bertz CT molecular complexity index is 3070. The molecule has 1 saturated heterocycles. The van der Waals surface area contributed by atoms with Gasteiger partial charge in [-0.2, -0.15) is 0 Å². The number of amides is 6. The van der Waals surface area contributed by atoms with E-state index in [1.165, 1.54) is 16.0 Å². The van der Waals surface area contributed by atoms with Gasteiger partial charge in [0.1, 0.15) is 17.8 Å². The number of aryl methyl sites for hydroxylation is 1. The number of fused-ring (bicyclic) bond motifs is 3. The Morgan fingerprint density at radius 3 is 2.17 bits per heavy atom. The quantitative estimate of drug-likeness (QED) is 0.0825. The van der Waals surface area contributed by atoms with Crippen LogP contribution in [0.1, 0.15) is 142 Å². The van der Waals surface area contributed by atoms with Crippen molar-refractivity contribution in [2.75, 3.05) is 30.0 Å². The highest BCUT2D eigenvalue weighted by Gasteiger charge is 2.45. The molecule has 0 radical (unpaired) electrons. The maximum atomic E-state index is 15.0. The first kappa shape index (κ1) is 55.9. The second-order valence-electron chi connectivity index (χ2n) is 22.0. The van der Waals surface area contributed by atoms with E-state index in [2.05, 4.69) is 44.0 Å². The van der Waals surface area contributed by atoms with Crippen molar-refractivity contribution in [3.05, 3.63) is 135 Å². The molecule has 1 saturated carbocycles. The molecule has 7 atom stereocenters. The summed E-state index contributed by atoms with van der Waals surface area (Å²) in [6.07, 6.45) is 9.07. The summed E-state index contributed by atoms with van der Waals surface area (Å²) in [5.74, 6) is -2.22. The van der Waals surface area contributed by atoms with Crippen LogP contribution in [0.2, 0.25) is 0 Å². The number of hydrogen-bond donors (Lipinski definition) is 3. The first-order valence-corrected chi connectivity index (χ1v) is 28.9. The molecule has 3 N–H and O–H groups in total. The van der Waals surface area contributed by atoms with Crippen LogP contribution in [0.25, 0.3) is 10.8 Å². The van der Waals surface area contributed by atoms with Crippen LogP contribution in [0.5, 0.6) is 5.75 Å². The van der Waals surface area contributed by atoms with Crippen molar-refractivity contribution in [3.8, 4) is 5.75 Å². The number of para-hydroxylation sites is 2. The summed E-state index contributed by atoms with van der Waals surface area (Å²) in [5.41, 5.74) is 4.63. The largest absolute Gasteiger partial charge is 0.496 e. The molecule has 9 rings (SSSR count). The predicted octanol–water partition coefficient (Wildman–Crippen LogP) is 10.2. The zero-order valence-electron chi connectivity index (χ0n) is 45.5. The zero-order chi connectivity index (χ0) is 55.2. The number of ether oxygens (including phenoxy) is 1. The van der Waals surface area contributed by atoms with Crippen LogP contribution in [0.4, 0.5) is 11.4 Å². The predicted molar refractivity (Wildman–Crippen MR) is 306 cm³/mol. The van der Waals surface area contributed by atoms with Crippen LogP contribution in [0.3, 0.4) is 0 Å². The maximum absolute atomic E-state index is 15.0. The van der Waals surface area contributed by atoms with E-state index in [1.807, 2.05) is 63.2 Å². The third-order valence-electron chi connectivity index (χ3n) is 17.0. The van der Waals surface area contributed by atoms with E-state index in [-0.39, 0.29) is 84.9 Å². The lowest BCUT2D eigenvalue weighted by atomic mass is 9.79. The number of nitrogens with one attached hydrogen (secondary N) is 3. The standard InChI is InChI=1S/C63H73BrN6O8/c1-6-38(3)58(72)66-51-37-70(53-23-14-13-22-52(53)69(62(51)76)36-50-49-30-29-46(64)32-45(49)28-31-56(50)78-5)61(75)43-26-24-42(25-27-43)60(74)65-47-34-54(55(71)33-44-20-15-19-40-16-11-12-21-48(40)44)68(35-47)63(77)57(41-17-9-8-10-18-41)67-59(73)39(4)7-2/h11-14,16,21-32,38-39,41,44,47,51,54,57H,6-10,15,17-20,33-37H2,1-5H3,(H,65,74)(H,66,72)(H,67,73)/t38-,39-,44+,47+,51+,54+,57+/m1/s1. The Hall–Kier alpha value is -6.87. The molecule has 5 aromatic rings. The highest BCUT2D eigenvalue weighted by Crippen LogP contribution is 2.40. The summed E-state index contributed by atoms with van der Waals surface area (Å²) in [5, 5.41) is 11.1. The first-order chi connectivity index (χ1) is 37.7. The molecule has 410 valence electrons. The van der Waals surface area contributed by atoms with Gasteiger partial charge in [-0.15, -0.1) is 0 Å². The molecule has 14 nitrogen and oxygen atoms in total. The van der Waals surface area contributed by atoms with Gasteiger partial charge < -0.3 is 35.4 Å².